The van der Waals surface area contributed by atoms with Crippen LogP contribution in [0.1, 0.15) is 40.8 Å². The van der Waals surface area contributed by atoms with E-state index in [0.29, 0.717) is 11.6 Å². The number of rotatable bonds is 4. The van der Waals surface area contributed by atoms with Crippen LogP contribution < -0.4 is 5.73 Å². The lowest BCUT2D eigenvalue weighted by molar-refractivity contribution is 0.0878. The number of hydrogen-bond acceptors (Lipinski definition) is 4. The van der Waals surface area contributed by atoms with Gasteiger partial charge in [0.2, 0.25) is 0 Å². The van der Waals surface area contributed by atoms with E-state index in [1.807, 2.05) is 10.9 Å². The Morgan fingerprint density at radius 1 is 1.32 bits per heavy atom. The topological polar surface area (TPSA) is 82.0 Å². The number of nitrogens with zero attached hydrogens (tertiary/aromatic N) is 5. The zero-order valence-electron chi connectivity index (χ0n) is 12.5. The molecule has 0 bridgehead atoms. The number of hydrogen-bond donors (Lipinski definition) is 1. The number of fused-ring (bicyclic) bond motifs is 1. The number of aryl methyl sites for hydroxylation is 1. The van der Waals surface area contributed by atoms with Gasteiger partial charge >= 0.3 is 0 Å². The molecule has 0 radical (unpaired) electrons. The summed E-state index contributed by atoms with van der Waals surface area (Å²) in [6.45, 7) is 3.93. The van der Waals surface area contributed by atoms with E-state index < -0.39 is 5.91 Å². The lowest BCUT2D eigenvalue weighted by atomic mass is 10.1. The molecule has 0 aliphatic carbocycles. The fourth-order valence-corrected chi connectivity index (χ4v) is 3.34. The van der Waals surface area contributed by atoms with Crippen molar-refractivity contribution in [2.45, 2.75) is 38.4 Å². The van der Waals surface area contributed by atoms with Crippen molar-refractivity contribution in [3.63, 3.8) is 0 Å². The average Bonchev–Trinajstić information content (AvgIpc) is 3.10. The average molecular weight is 300 g/mol. The summed E-state index contributed by atoms with van der Waals surface area (Å²) in [5.41, 5.74) is 7.04. The Labute approximate surface area is 128 Å². The highest BCUT2D eigenvalue weighted by molar-refractivity contribution is 5.92. The van der Waals surface area contributed by atoms with Crippen LogP contribution in [-0.4, -0.2) is 43.2 Å². The molecule has 22 heavy (non-hydrogen) atoms. The first-order valence-electron chi connectivity index (χ1n) is 7.80. The summed E-state index contributed by atoms with van der Waals surface area (Å²) < 4.78 is 4.22. The van der Waals surface area contributed by atoms with E-state index in [1.54, 1.807) is 12.4 Å². The van der Waals surface area contributed by atoms with E-state index >= 15 is 0 Å². The Balaban J connectivity index is 1.37. The minimum Gasteiger partial charge on any atom is -0.366 e. The predicted molar refractivity (Wildman–Crippen MR) is 80.2 cm³/mol. The standard InChI is InChI=1S/C15H20N6O/c16-15(22)11-5-18-21(7-11)13-9-19(10-13)8-12-6-17-14-3-1-2-4-20(12)14/h5-7,13H,1-4,8-10H2,(H2,16,22). The number of aromatic nitrogens is 4. The molecule has 0 spiro atoms. The second-order valence-corrected chi connectivity index (χ2v) is 6.20. The zero-order valence-corrected chi connectivity index (χ0v) is 12.5. The lowest BCUT2D eigenvalue weighted by Gasteiger charge is -2.39. The highest BCUT2D eigenvalue weighted by Crippen LogP contribution is 2.24. The third-order valence-corrected chi connectivity index (χ3v) is 4.64. The summed E-state index contributed by atoms with van der Waals surface area (Å²) in [6.07, 6.45) is 8.91. The van der Waals surface area contributed by atoms with E-state index in [1.165, 1.54) is 24.4 Å². The summed E-state index contributed by atoms with van der Waals surface area (Å²) in [5, 5.41) is 4.23. The first-order valence-corrected chi connectivity index (χ1v) is 7.80. The van der Waals surface area contributed by atoms with Gasteiger partial charge in [0, 0.05) is 45.0 Å². The second kappa shape index (κ2) is 5.24. The van der Waals surface area contributed by atoms with Crippen LogP contribution in [0.4, 0.5) is 0 Å². The van der Waals surface area contributed by atoms with Crippen molar-refractivity contribution in [2.24, 2.45) is 5.73 Å². The Kier molecular flexibility index (Phi) is 3.22. The number of carbonyl (C=O) groups is 1. The van der Waals surface area contributed by atoms with Gasteiger partial charge in [-0.25, -0.2) is 4.98 Å². The molecule has 0 aromatic carbocycles. The molecule has 1 amide bonds. The minimum absolute atomic E-state index is 0.330. The zero-order chi connectivity index (χ0) is 15.1. The first-order chi connectivity index (χ1) is 10.7. The minimum atomic E-state index is -0.423. The summed E-state index contributed by atoms with van der Waals surface area (Å²) in [6, 6.07) is 0.330. The third-order valence-electron chi connectivity index (χ3n) is 4.64. The van der Waals surface area contributed by atoms with Crippen molar-refractivity contribution >= 4 is 5.91 Å². The van der Waals surface area contributed by atoms with Crippen LogP contribution in [0.5, 0.6) is 0 Å². The summed E-state index contributed by atoms with van der Waals surface area (Å²) in [7, 11) is 0. The van der Waals surface area contributed by atoms with Crippen molar-refractivity contribution in [1.82, 2.24) is 24.2 Å². The fourth-order valence-electron chi connectivity index (χ4n) is 3.34. The first kappa shape index (κ1) is 13.5. The highest BCUT2D eigenvalue weighted by atomic mass is 16.1. The number of carbonyl (C=O) groups excluding carboxylic acids is 1. The normalized spacial score (nSPS) is 18.9. The fraction of sp³-hybridized carbons (Fsp3) is 0.533. The van der Waals surface area contributed by atoms with Crippen molar-refractivity contribution < 1.29 is 4.79 Å². The van der Waals surface area contributed by atoms with Crippen LogP contribution in [0.3, 0.4) is 0 Å². The molecule has 116 valence electrons. The van der Waals surface area contributed by atoms with Crippen LogP contribution >= 0.6 is 0 Å². The predicted octanol–water partition coefficient (Wildman–Crippen LogP) is 0.572. The highest BCUT2D eigenvalue weighted by Gasteiger charge is 2.30. The van der Waals surface area contributed by atoms with E-state index in [4.69, 9.17) is 5.73 Å². The third kappa shape index (κ3) is 2.31. The number of primary amides is 1. The van der Waals surface area contributed by atoms with Crippen LogP contribution in [0.2, 0.25) is 0 Å². The molecule has 4 rings (SSSR count). The van der Waals surface area contributed by atoms with Crippen LogP contribution in [-0.2, 0) is 19.5 Å². The molecule has 0 saturated carbocycles. The van der Waals surface area contributed by atoms with Gasteiger partial charge in [-0.15, -0.1) is 0 Å². The van der Waals surface area contributed by atoms with Crippen LogP contribution in [0.15, 0.2) is 18.6 Å². The molecular formula is C15H20N6O. The Morgan fingerprint density at radius 2 is 2.18 bits per heavy atom. The van der Waals surface area contributed by atoms with Crippen molar-refractivity contribution in [3.05, 3.63) is 35.7 Å². The Bertz CT molecular complexity index is 697. The van der Waals surface area contributed by atoms with Crippen molar-refractivity contribution in [2.75, 3.05) is 13.1 Å². The van der Waals surface area contributed by atoms with E-state index in [-0.39, 0.29) is 0 Å². The molecule has 2 aromatic rings. The Hall–Kier alpha value is -2.15. The summed E-state index contributed by atoms with van der Waals surface area (Å²) in [4.78, 5) is 18.0. The van der Waals surface area contributed by atoms with Gasteiger partial charge in [0.25, 0.3) is 5.91 Å². The number of amides is 1. The maximum absolute atomic E-state index is 11.1. The Morgan fingerprint density at radius 3 is 2.95 bits per heavy atom. The van der Waals surface area contributed by atoms with E-state index in [2.05, 4.69) is 19.5 Å². The van der Waals surface area contributed by atoms with Crippen LogP contribution in [0, 0.1) is 0 Å². The molecule has 7 nitrogen and oxygen atoms in total. The molecule has 7 heteroatoms. The summed E-state index contributed by atoms with van der Waals surface area (Å²) >= 11 is 0. The van der Waals surface area contributed by atoms with Gasteiger partial charge < -0.3 is 10.3 Å². The molecule has 1 fully saturated rings. The lowest BCUT2D eigenvalue weighted by Crippen LogP contribution is -2.47. The molecule has 2 aromatic heterocycles. The number of imidazole rings is 1. The molecule has 0 unspecified atom stereocenters. The van der Waals surface area contributed by atoms with Gasteiger partial charge in [0.05, 0.1) is 23.5 Å². The van der Waals surface area contributed by atoms with Crippen molar-refractivity contribution in [1.29, 1.82) is 0 Å². The molecule has 2 aliphatic rings. The van der Waals surface area contributed by atoms with Gasteiger partial charge in [-0.1, -0.05) is 0 Å². The molecule has 0 atom stereocenters. The van der Waals surface area contributed by atoms with E-state index in [9.17, 15) is 4.79 Å². The molecule has 1 saturated heterocycles. The molecular weight excluding hydrogens is 280 g/mol. The summed E-state index contributed by atoms with van der Waals surface area (Å²) in [5.74, 6) is 0.810. The quantitative estimate of drug-likeness (QED) is 0.895. The van der Waals surface area contributed by atoms with Gasteiger partial charge in [-0.05, 0) is 12.8 Å². The van der Waals surface area contributed by atoms with Gasteiger partial charge in [0.1, 0.15) is 5.82 Å². The SMILES string of the molecule is NC(=O)c1cnn(C2CN(Cc3cnc4n3CCCC4)C2)c1. The van der Waals surface area contributed by atoms with Gasteiger partial charge in [-0.2, -0.15) is 5.10 Å². The number of likely N-dealkylation sites (tertiary alicyclic amines) is 1. The van der Waals surface area contributed by atoms with Crippen molar-refractivity contribution in [3.8, 4) is 0 Å². The smallest absolute Gasteiger partial charge is 0.251 e. The molecule has 2 aliphatic heterocycles. The van der Waals surface area contributed by atoms with Gasteiger partial charge in [-0.3, -0.25) is 14.4 Å². The molecule has 2 N–H and O–H groups in total. The monoisotopic (exact) mass is 300 g/mol. The number of nitrogens with two attached hydrogens (primary N) is 1. The second-order valence-electron chi connectivity index (χ2n) is 6.20. The van der Waals surface area contributed by atoms with E-state index in [0.717, 1.165) is 32.6 Å². The maximum Gasteiger partial charge on any atom is 0.251 e. The van der Waals surface area contributed by atoms with Gasteiger partial charge in [0.15, 0.2) is 0 Å². The molecule has 4 heterocycles. The van der Waals surface area contributed by atoms with Crippen LogP contribution in [0.25, 0.3) is 0 Å². The largest absolute Gasteiger partial charge is 0.366 e. The maximum atomic E-state index is 11.1.